The van der Waals surface area contributed by atoms with E-state index in [9.17, 15) is 4.21 Å². The molecule has 10 heteroatoms. The molecule has 2 fully saturated rings. The average Bonchev–Trinajstić information content (AvgIpc) is 3.12. The van der Waals surface area contributed by atoms with E-state index < -0.39 is 11.0 Å². The maximum Gasteiger partial charge on any atom is 0.158 e. The van der Waals surface area contributed by atoms with Crippen molar-refractivity contribution in [2.24, 2.45) is 5.41 Å². The average molecular weight is 495 g/mol. The molecule has 32 heavy (non-hydrogen) atoms. The predicted molar refractivity (Wildman–Crippen MR) is 132 cm³/mol. The quantitative estimate of drug-likeness (QED) is 0.592. The highest BCUT2D eigenvalue weighted by molar-refractivity contribution is 7.99. The first kappa shape index (κ1) is 23.7. The minimum absolute atomic E-state index is 0.212. The summed E-state index contributed by atoms with van der Waals surface area (Å²) < 4.78 is 15.9. The van der Waals surface area contributed by atoms with Crippen LogP contribution < -0.4 is 15.4 Å². The molecule has 4 rings (SSSR count). The van der Waals surface area contributed by atoms with Crippen molar-refractivity contribution in [2.75, 3.05) is 23.7 Å². The van der Waals surface area contributed by atoms with Crippen LogP contribution in [0, 0.1) is 5.41 Å². The van der Waals surface area contributed by atoms with E-state index in [1.807, 2.05) is 32.9 Å². The molecule has 0 bridgehead atoms. The summed E-state index contributed by atoms with van der Waals surface area (Å²) in [6, 6.07) is 4.03. The Hall–Kier alpha value is -1.42. The third-order valence-electron chi connectivity index (χ3n) is 6.48. The monoisotopic (exact) mass is 494 g/mol. The van der Waals surface area contributed by atoms with Gasteiger partial charge in [-0.1, -0.05) is 29.8 Å². The lowest BCUT2D eigenvalue weighted by molar-refractivity contribution is 0.188. The molecule has 2 unspecified atom stereocenters. The first-order valence-electron chi connectivity index (χ1n) is 11.0. The molecule has 0 aromatic carbocycles. The molecule has 1 aliphatic carbocycles. The van der Waals surface area contributed by atoms with E-state index in [1.165, 1.54) is 24.6 Å². The topological polar surface area (TPSA) is 97.0 Å². The van der Waals surface area contributed by atoms with Crippen LogP contribution in [0.25, 0.3) is 0 Å². The standard InChI is InChI=1S/C22H31ClN6OS2/c1-21(2,3)32(30)28-16-7-4-8-22(16)9-12-29(13-10-22)17-14-26-20(19(24)27-17)31-15-6-5-11-25-18(15)23/h5-6,11,14,16,28H,4,7-10,12-13H2,1-3H3,(H2,24,27). The van der Waals surface area contributed by atoms with Gasteiger partial charge in [-0.25, -0.2) is 23.9 Å². The number of nitrogens with zero attached hydrogens (tertiary/aromatic N) is 4. The minimum Gasteiger partial charge on any atom is -0.381 e. The van der Waals surface area contributed by atoms with Gasteiger partial charge in [-0.05, 0) is 64.0 Å². The SMILES string of the molecule is CC(C)(C)S(=O)NC1CCCC12CCN(c1cnc(Sc3cccnc3Cl)c(N)n1)CC2. The highest BCUT2D eigenvalue weighted by atomic mass is 35.5. The number of pyridine rings is 1. The van der Waals surface area contributed by atoms with Gasteiger partial charge in [-0.15, -0.1) is 0 Å². The number of rotatable bonds is 5. The molecule has 0 amide bonds. The molecule has 2 aromatic rings. The fourth-order valence-electron chi connectivity index (χ4n) is 4.57. The van der Waals surface area contributed by atoms with Crippen molar-refractivity contribution in [3.8, 4) is 0 Å². The Morgan fingerprint density at radius 1 is 1.28 bits per heavy atom. The summed E-state index contributed by atoms with van der Waals surface area (Å²) in [6.45, 7) is 7.86. The number of nitrogens with two attached hydrogens (primary N) is 1. The summed E-state index contributed by atoms with van der Waals surface area (Å²) in [5.74, 6) is 1.20. The molecule has 174 valence electrons. The molecule has 1 saturated heterocycles. The third kappa shape index (κ3) is 5.05. The summed E-state index contributed by atoms with van der Waals surface area (Å²) in [5, 5.41) is 1.05. The van der Waals surface area contributed by atoms with E-state index >= 15 is 0 Å². The number of halogens is 1. The maximum atomic E-state index is 12.7. The Morgan fingerprint density at radius 3 is 2.69 bits per heavy atom. The zero-order chi connectivity index (χ0) is 22.9. The molecular formula is C22H31ClN6OS2. The number of nitrogens with one attached hydrogen (secondary N) is 1. The van der Waals surface area contributed by atoms with Gasteiger partial charge in [0.2, 0.25) is 0 Å². The van der Waals surface area contributed by atoms with Crippen molar-refractivity contribution in [1.82, 2.24) is 19.7 Å². The lowest BCUT2D eigenvalue weighted by Crippen LogP contribution is -2.51. The van der Waals surface area contributed by atoms with Crippen LogP contribution >= 0.6 is 23.4 Å². The molecule has 2 atom stereocenters. The van der Waals surface area contributed by atoms with Crippen LogP contribution in [-0.2, 0) is 11.0 Å². The van der Waals surface area contributed by atoms with Gasteiger partial charge in [-0.2, -0.15) is 0 Å². The van der Waals surface area contributed by atoms with Crippen molar-refractivity contribution in [3.63, 3.8) is 0 Å². The number of nitrogen functional groups attached to an aromatic ring is 1. The summed E-state index contributed by atoms with van der Waals surface area (Å²) in [7, 11) is -1.04. The summed E-state index contributed by atoms with van der Waals surface area (Å²) in [4.78, 5) is 16.3. The molecule has 3 heterocycles. The van der Waals surface area contributed by atoms with Gasteiger partial charge in [0.1, 0.15) is 16.0 Å². The normalized spacial score (nSPS) is 21.8. The Balaban J connectivity index is 1.41. The first-order chi connectivity index (χ1) is 15.2. The van der Waals surface area contributed by atoms with Crippen LogP contribution in [0.2, 0.25) is 5.15 Å². The van der Waals surface area contributed by atoms with Gasteiger partial charge < -0.3 is 10.6 Å². The lowest BCUT2D eigenvalue weighted by atomic mass is 9.74. The summed E-state index contributed by atoms with van der Waals surface area (Å²) >= 11 is 7.52. The lowest BCUT2D eigenvalue weighted by Gasteiger charge is -2.44. The van der Waals surface area contributed by atoms with Gasteiger partial charge in [0.25, 0.3) is 0 Å². The Morgan fingerprint density at radius 2 is 2.03 bits per heavy atom. The summed E-state index contributed by atoms with van der Waals surface area (Å²) in [5.41, 5.74) is 6.44. The fourth-order valence-corrected chi connectivity index (χ4v) is 6.54. The van der Waals surface area contributed by atoms with Crippen molar-refractivity contribution >= 4 is 46.0 Å². The Bertz CT molecular complexity index is 991. The molecule has 1 aliphatic heterocycles. The number of aromatic nitrogens is 3. The maximum absolute atomic E-state index is 12.7. The molecule has 3 N–H and O–H groups in total. The van der Waals surface area contributed by atoms with Crippen LogP contribution in [0.1, 0.15) is 52.9 Å². The van der Waals surface area contributed by atoms with Crippen molar-refractivity contribution in [3.05, 3.63) is 29.7 Å². The van der Waals surface area contributed by atoms with E-state index in [0.29, 0.717) is 22.0 Å². The number of piperidine rings is 1. The van der Waals surface area contributed by atoms with Gasteiger partial charge in [0.15, 0.2) is 5.82 Å². The van der Waals surface area contributed by atoms with E-state index in [-0.39, 0.29) is 10.2 Å². The zero-order valence-electron chi connectivity index (χ0n) is 18.8. The van der Waals surface area contributed by atoms with Crippen molar-refractivity contribution in [1.29, 1.82) is 0 Å². The van der Waals surface area contributed by atoms with Gasteiger partial charge in [0, 0.05) is 25.3 Å². The van der Waals surface area contributed by atoms with Crippen LogP contribution in [0.15, 0.2) is 34.4 Å². The Labute approximate surface area is 201 Å². The predicted octanol–water partition coefficient (Wildman–Crippen LogP) is 4.45. The van der Waals surface area contributed by atoms with Crippen LogP contribution in [-0.4, -0.2) is 43.0 Å². The number of hydrogen-bond acceptors (Lipinski definition) is 7. The van der Waals surface area contributed by atoms with Crippen molar-refractivity contribution in [2.45, 2.75) is 73.6 Å². The summed E-state index contributed by atoms with van der Waals surface area (Å²) in [6.07, 6.45) is 9.02. The largest absolute Gasteiger partial charge is 0.381 e. The Kier molecular flexibility index (Phi) is 7.00. The smallest absolute Gasteiger partial charge is 0.158 e. The minimum atomic E-state index is -1.04. The van der Waals surface area contributed by atoms with Gasteiger partial charge in [-0.3, -0.25) is 0 Å². The molecule has 1 spiro atoms. The zero-order valence-corrected chi connectivity index (χ0v) is 21.2. The first-order valence-corrected chi connectivity index (χ1v) is 13.4. The second kappa shape index (κ2) is 9.44. The highest BCUT2D eigenvalue weighted by Crippen LogP contribution is 2.47. The van der Waals surface area contributed by atoms with Crippen LogP contribution in [0.5, 0.6) is 0 Å². The van der Waals surface area contributed by atoms with E-state index in [1.54, 1.807) is 12.4 Å². The van der Waals surface area contributed by atoms with Crippen LogP contribution in [0.4, 0.5) is 11.6 Å². The molecule has 2 aromatic heterocycles. The van der Waals surface area contributed by atoms with Crippen molar-refractivity contribution < 1.29 is 4.21 Å². The number of anilines is 2. The molecule has 0 radical (unpaired) electrons. The molecule has 2 aliphatic rings. The van der Waals surface area contributed by atoms with E-state index in [0.717, 1.165) is 43.1 Å². The molecule has 7 nitrogen and oxygen atoms in total. The van der Waals surface area contributed by atoms with E-state index in [2.05, 4.69) is 24.6 Å². The highest BCUT2D eigenvalue weighted by Gasteiger charge is 2.46. The van der Waals surface area contributed by atoms with Crippen LogP contribution in [0.3, 0.4) is 0 Å². The second-order valence-electron chi connectivity index (χ2n) is 9.61. The molecular weight excluding hydrogens is 464 g/mol. The van der Waals surface area contributed by atoms with Gasteiger partial charge >= 0.3 is 0 Å². The molecule has 1 saturated carbocycles. The second-order valence-corrected chi connectivity index (χ2v) is 13.0. The third-order valence-corrected chi connectivity index (χ3v) is 9.56. The fraction of sp³-hybridized carbons (Fsp3) is 0.591. The number of hydrogen-bond donors (Lipinski definition) is 2. The van der Waals surface area contributed by atoms with Gasteiger partial charge in [0.05, 0.1) is 26.8 Å². The van der Waals surface area contributed by atoms with E-state index in [4.69, 9.17) is 17.3 Å².